The summed E-state index contributed by atoms with van der Waals surface area (Å²) in [5, 5.41) is 0. The summed E-state index contributed by atoms with van der Waals surface area (Å²) in [7, 11) is 3.94. The van der Waals surface area contributed by atoms with Crippen LogP contribution in [0.25, 0.3) is 0 Å². The van der Waals surface area contributed by atoms with Gasteiger partial charge in [0.05, 0.1) is 11.3 Å². The van der Waals surface area contributed by atoms with E-state index in [1.165, 1.54) is 0 Å². The van der Waals surface area contributed by atoms with Crippen molar-refractivity contribution in [3.05, 3.63) is 60.2 Å². The second kappa shape index (κ2) is 5.91. The molecule has 0 bridgehead atoms. The summed E-state index contributed by atoms with van der Waals surface area (Å²) in [6.07, 6.45) is 0. The molecule has 0 fully saturated rings. The van der Waals surface area contributed by atoms with Gasteiger partial charge in [-0.2, -0.15) is 0 Å². The zero-order valence-electron chi connectivity index (χ0n) is 11.0. The monoisotopic (exact) mass is 256 g/mol. The molecule has 0 aliphatic heterocycles. The molecule has 0 spiro atoms. The summed E-state index contributed by atoms with van der Waals surface area (Å²) >= 11 is 0. The van der Waals surface area contributed by atoms with Gasteiger partial charge in [0.15, 0.2) is 0 Å². The largest absolute Gasteiger partial charge is 0.378 e. The van der Waals surface area contributed by atoms with Crippen LogP contribution in [0.1, 0.15) is 10.4 Å². The Labute approximate surface area is 112 Å². The van der Waals surface area contributed by atoms with E-state index >= 15 is 0 Å². The van der Waals surface area contributed by atoms with Crippen LogP contribution < -0.4 is 10.4 Å². The Bertz CT molecular complexity index is 536. The first kappa shape index (κ1) is 13.0. The van der Waals surface area contributed by atoms with E-state index in [1.807, 2.05) is 49.3 Å². The fourth-order valence-corrected chi connectivity index (χ4v) is 1.57. The summed E-state index contributed by atoms with van der Waals surface area (Å²) in [6, 6.07) is 16.5. The number of hydrogen-bond acceptors (Lipinski definition) is 4. The minimum absolute atomic E-state index is 0.405. The average molecular weight is 256 g/mol. The third-order valence-electron chi connectivity index (χ3n) is 2.65. The molecular weight excluding hydrogens is 240 g/mol. The maximum absolute atomic E-state index is 11.7. The van der Waals surface area contributed by atoms with Crippen molar-refractivity contribution >= 4 is 17.3 Å². The standard InChI is InChI=1S/C15H16N2O2/c1-17(2)14-10-8-13(9-11-14)16-19-15(18)12-6-4-3-5-7-12/h3-11,16H,1-2H3. The van der Waals surface area contributed by atoms with Gasteiger partial charge in [-0.1, -0.05) is 18.2 Å². The first-order chi connectivity index (χ1) is 9.16. The van der Waals surface area contributed by atoms with Crippen molar-refractivity contribution in [3.8, 4) is 0 Å². The molecule has 2 rings (SSSR count). The van der Waals surface area contributed by atoms with E-state index in [2.05, 4.69) is 5.48 Å². The molecule has 4 heteroatoms. The Morgan fingerprint density at radius 3 is 2.21 bits per heavy atom. The number of nitrogens with one attached hydrogen (secondary N) is 1. The molecule has 2 aromatic carbocycles. The quantitative estimate of drug-likeness (QED) is 0.854. The predicted octanol–water partition coefficient (Wildman–Crippen LogP) is 2.94. The van der Waals surface area contributed by atoms with Gasteiger partial charge in [0.2, 0.25) is 0 Å². The summed E-state index contributed by atoms with van der Waals surface area (Å²) in [4.78, 5) is 18.7. The fraction of sp³-hybridized carbons (Fsp3) is 0.133. The summed E-state index contributed by atoms with van der Waals surface area (Å²) in [5.41, 5.74) is 4.97. The molecule has 2 aromatic rings. The zero-order chi connectivity index (χ0) is 13.7. The molecule has 19 heavy (non-hydrogen) atoms. The van der Waals surface area contributed by atoms with Crippen molar-refractivity contribution < 1.29 is 9.63 Å². The van der Waals surface area contributed by atoms with Crippen LogP contribution in [0.4, 0.5) is 11.4 Å². The molecule has 0 saturated heterocycles. The van der Waals surface area contributed by atoms with Crippen LogP contribution in [-0.4, -0.2) is 20.1 Å². The second-order valence-electron chi connectivity index (χ2n) is 4.30. The highest BCUT2D eigenvalue weighted by Crippen LogP contribution is 2.15. The fourth-order valence-electron chi connectivity index (χ4n) is 1.57. The topological polar surface area (TPSA) is 41.6 Å². The zero-order valence-corrected chi connectivity index (χ0v) is 11.0. The first-order valence-corrected chi connectivity index (χ1v) is 5.96. The van der Waals surface area contributed by atoms with E-state index in [1.54, 1.807) is 24.3 Å². The van der Waals surface area contributed by atoms with Gasteiger partial charge in [-0.05, 0) is 36.4 Å². The average Bonchev–Trinajstić information content (AvgIpc) is 2.46. The number of hydrogen-bond donors (Lipinski definition) is 1. The van der Waals surface area contributed by atoms with Gasteiger partial charge >= 0.3 is 5.97 Å². The van der Waals surface area contributed by atoms with E-state index < -0.39 is 5.97 Å². The highest BCUT2D eigenvalue weighted by atomic mass is 16.7. The Morgan fingerprint density at radius 2 is 1.63 bits per heavy atom. The summed E-state index contributed by atoms with van der Waals surface area (Å²) in [5.74, 6) is -0.405. The van der Waals surface area contributed by atoms with Gasteiger partial charge in [0.25, 0.3) is 0 Å². The van der Waals surface area contributed by atoms with Gasteiger partial charge in [-0.15, -0.1) is 0 Å². The lowest BCUT2D eigenvalue weighted by atomic mass is 10.2. The molecule has 0 amide bonds. The molecule has 0 radical (unpaired) electrons. The van der Waals surface area contributed by atoms with Gasteiger partial charge in [0, 0.05) is 19.8 Å². The van der Waals surface area contributed by atoms with Crippen LogP contribution in [0, 0.1) is 0 Å². The lowest BCUT2D eigenvalue weighted by Gasteiger charge is -2.13. The van der Waals surface area contributed by atoms with Crippen LogP contribution >= 0.6 is 0 Å². The number of nitrogens with zero attached hydrogens (tertiary/aromatic N) is 1. The lowest BCUT2D eigenvalue weighted by molar-refractivity contribution is 0.0596. The molecule has 4 nitrogen and oxygen atoms in total. The van der Waals surface area contributed by atoms with Crippen LogP contribution in [0.2, 0.25) is 0 Å². The third kappa shape index (κ3) is 3.48. The molecule has 0 aliphatic carbocycles. The van der Waals surface area contributed by atoms with E-state index in [-0.39, 0.29) is 0 Å². The summed E-state index contributed by atoms with van der Waals surface area (Å²) in [6.45, 7) is 0. The number of carbonyl (C=O) groups is 1. The first-order valence-electron chi connectivity index (χ1n) is 5.96. The maximum atomic E-state index is 11.7. The Hall–Kier alpha value is -2.49. The lowest BCUT2D eigenvalue weighted by Crippen LogP contribution is -2.11. The minimum Gasteiger partial charge on any atom is -0.378 e. The molecule has 0 atom stereocenters. The van der Waals surface area contributed by atoms with Crippen molar-refractivity contribution in [1.29, 1.82) is 0 Å². The molecule has 0 saturated carbocycles. The van der Waals surface area contributed by atoms with Crippen molar-refractivity contribution in [3.63, 3.8) is 0 Å². The van der Waals surface area contributed by atoms with Gasteiger partial charge in [0.1, 0.15) is 0 Å². The second-order valence-corrected chi connectivity index (χ2v) is 4.30. The van der Waals surface area contributed by atoms with E-state index in [0.717, 1.165) is 11.4 Å². The van der Waals surface area contributed by atoms with E-state index in [4.69, 9.17) is 4.84 Å². The molecular formula is C15H16N2O2. The van der Waals surface area contributed by atoms with Crippen molar-refractivity contribution in [2.75, 3.05) is 24.5 Å². The molecule has 0 aromatic heterocycles. The van der Waals surface area contributed by atoms with Gasteiger partial charge in [-0.3, -0.25) is 0 Å². The smallest absolute Gasteiger partial charge is 0.362 e. The number of rotatable bonds is 4. The maximum Gasteiger partial charge on any atom is 0.362 e. The minimum atomic E-state index is -0.405. The van der Waals surface area contributed by atoms with E-state index in [9.17, 15) is 4.79 Å². The van der Waals surface area contributed by atoms with Crippen LogP contribution in [0.15, 0.2) is 54.6 Å². The summed E-state index contributed by atoms with van der Waals surface area (Å²) < 4.78 is 0. The number of benzene rings is 2. The Balaban J connectivity index is 1.94. The molecule has 0 aliphatic rings. The molecule has 98 valence electrons. The van der Waals surface area contributed by atoms with Crippen molar-refractivity contribution in [1.82, 2.24) is 0 Å². The van der Waals surface area contributed by atoms with E-state index in [0.29, 0.717) is 5.56 Å². The Kier molecular flexibility index (Phi) is 4.03. The normalized spacial score (nSPS) is 9.79. The third-order valence-corrected chi connectivity index (χ3v) is 2.65. The van der Waals surface area contributed by atoms with Crippen molar-refractivity contribution in [2.45, 2.75) is 0 Å². The SMILES string of the molecule is CN(C)c1ccc(NOC(=O)c2ccccc2)cc1. The molecule has 0 unspecified atom stereocenters. The van der Waals surface area contributed by atoms with Crippen LogP contribution in [-0.2, 0) is 4.84 Å². The number of carbonyl (C=O) groups excluding carboxylic acids is 1. The van der Waals surface area contributed by atoms with Crippen molar-refractivity contribution in [2.24, 2.45) is 0 Å². The number of anilines is 2. The highest BCUT2D eigenvalue weighted by molar-refractivity contribution is 5.89. The molecule has 1 N–H and O–H groups in total. The van der Waals surface area contributed by atoms with Crippen LogP contribution in [0.3, 0.4) is 0 Å². The van der Waals surface area contributed by atoms with Gasteiger partial charge < -0.3 is 9.74 Å². The van der Waals surface area contributed by atoms with Crippen LogP contribution in [0.5, 0.6) is 0 Å². The van der Waals surface area contributed by atoms with Gasteiger partial charge in [-0.25, -0.2) is 10.3 Å². The highest BCUT2D eigenvalue weighted by Gasteiger charge is 2.06. The molecule has 0 heterocycles. The Morgan fingerprint density at radius 1 is 1.00 bits per heavy atom. The predicted molar refractivity (Wildman–Crippen MR) is 76.2 cm³/mol.